The van der Waals surface area contributed by atoms with Crippen LogP contribution in [-0.2, 0) is 21.4 Å². The van der Waals surface area contributed by atoms with Crippen LogP contribution in [0.4, 0.5) is 4.39 Å². The lowest BCUT2D eigenvalue weighted by molar-refractivity contribution is -0.121. The lowest BCUT2D eigenvalue weighted by Crippen LogP contribution is -2.39. The van der Waals surface area contributed by atoms with Gasteiger partial charge in [0, 0.05) is 12.1 Å². The van der Waals surface area contributed by atoms with Crippen molar-refractivity contribution < 1.29 is 22.0 Å². The molecule has 3 rings (SSSR count). The van der Waals surface area contributed by atoms with E-state index >= 15 is 0 Å². The van der Waals surface area contributed by atoms with Crippen molar-refractivity contribution in [2.45, 2.75) is 18.4 Å². The van der Waals surface area contributed by atoms with E-state index in [0.29, 0.717) is 5.76 Å². The van der Waals surface area contributed by atoms with Gasteiger partial charge in [-0.3, -0.25) is 4.79 Å². The maximum absolute atomic E-state index is 14.1. The van der Waals surface area contributed by atoms with Crippen LogP contribution in [0.15, 0.2) is 81.3 Å². The second-order valence-electron chi connectivity index (χ2n) is 6.49. The average molecular weight is 429 g/mol. The molecule has 156 valence electrons. The Kier molecular flexibility index (Phi) is 6.76. The first-order valence-electron chi connectivity index (χ1n) is 9.02. The number of sulfonamides is 1. The Bertz CT molecular complexity index is 1130. The van der Waals surface area contributed by atoms with Crippen molar-refractivity contribution in [1.82, 2.24) is 9.73 Å². The molecular weight excluding hydrogens is 409 g/mol. The molecule has 3 aromatic rings. The summed E-state index contributed by atoms with van der Waals surface area (Å²) in [6.45, 7) is 0.982. The fourth-order valence-electron chi connectivity index (χ4n) is 2.63. The molecule has 0 fully saturated rings. The smallest absolute Gasteiger partial charge is 0.255 e. The summed E-state index contributed by atoms with van der Waals surface area (Å²) in [6.07, 6.45) is 2.74. The number of halogens is 1. The Balaban J connectivity index is 1.82. The normalized spacial score (nSPS) is 11.8. The summed E-state index contributed by atoms with van der Waals surface area (Å²) in [5.41, 5.74) is 3.30. The predicted octanol–water partition coefficient (Wildman–Crippen LogP) is 3.07. The van der Waals surface area contributed by atoms with Gasteiger partial charge >= 0.3 is 0 Å². The number of amides is 1. The van der Waals surface area contributed by atoms with Crippen LogP contribution in [0.2, 0.25) is 0 Å². The van der Waals surface area contributed by atoms with E-state index in [1.807, 2.05) is 6.92 Å². The van der Waals surface area contributed by atoms with Crippen molar-refractivity contribution in [2.24, 2.45) is 5.10 Å². The Morgan fingerprint density at radius 3 is 2.53 bits per heavy atom. The Morgan fingerprint density at radius 1 is 1.13 bits per heavy atom. The minimum atomic E-state index is -4.06. The van der Waals surface area contributed by atoms with Crippen molar-refractivity contribution in [1.29, 1.82) is 0 Å². The summed E-state index contributed by atoms with van der Waals surface area (Å²) >= 11 is 0. The number of furan rings is 1. The van der Waals surface area contributed by atoms with Crippen molar-refractivity contribution in [3.8, 4) is 0 Å². The molecule has 0 aliphatic carbocycles. The number of nitrogens with zero attached hydrogens (tertiary/aromatic N) is 2. The number of aryl methyl sites for hydroxylation is 1. The predicted molar refractivity (Wildman–Crippen MR) is 110 cm³/mol. The van der Waals surface area contributed by atoms with E-state index in [1.165, 1.54) is 42.8 Å². The summed E-state index contributed by atoms with van der Waals surface area (Å²) < 4.78 is 46.4. The third-order valence-corrected chi connectivity index (χ3v) is 6.01. The van der Waals surface area contributed by atoms with Crippen LogP contribution in [0, 0.1) is 12.7 Å². The van der Waals surface area contributed by atoms with Crippen LogP contribution in [0.1, 0.15) is 16.9 Å². The van der Waals surface area contributed by atoms with Gasteiger partial charge in [0.2, 0.25) is 10.0 Å². The lowest BCUT2D eigenvalue weighted by atomic mass is 10.2. The van der Waals surface area contributed by atoms with Gasteiger partial charge in [-0.2, -0.15) is 9.41 Å². The second kappa shape index (κ2) is 9.47. The third kappa shape index (κ3) is 5.40. The maximum atomic E-state index is 14.1. The van der Waals surface area contributed by atoms with Crippen molar-refractivity contribution in [3.63, 3.8) is 0 Å². The van der Waals surface area contributed by atoms with Crippen LogP contribution in [-0.4, -0.2) is 31.4 Å². The monoisotopic (exact) mass is 429 g/mol. The van der Waals surface area contributed by atoms with Crippen LogP contribution in [0.3, 0.4) is 0 Å². The van der Waals surface area contributed by atoms with Crippen LogP contribution in [0.25, 0.3) is 0 Å². The van der Waals surface area contributed by atoms with Gasteiger partial charge in [-0.1, -0.05) is 35.9 Å². The SMILES string of the molecule is Cc1ccc(S(=O)(=O)N(CC(=O)N/N=C/c2ccco2)Cc2ccccc2F)cc1. The summed E-state index contributed by atoms with van der Waals surface area (Å²) in [5, 5.41) is 3.74. The molecule has 1 aromatic heterocycles. The van der Waals surface area contributed by atoms with E-state index < -0.39 is 28.3 Å². The Labute approximate surface area is 173 Å². The van der Waals surface area contributed by atoms with Crippen molar-refractivity contribution >= 4 is 22.1 Å². The first-order valence-corrected chi connectivity index (χ1v) is 10.5. The zero-order valence-electron chi connectivity index (χ0n) is 16.2. The molecule has 0 bridgehead atoms. The molecule has 2 aromatic carbocycles. The zero-order valence-corrected chi connectivity index (χ0v) is 17.0. The molecule has 0 spiro atoms. The molecule has 9 heteroatoms. The summed E-state index contributed by atoms with van der Waals surface area (Å²) in [4.78, 5) is 12.3. The van der Waals surface area contributed by atoms with E-state index in [9.17, 15) is 17.6 Å². The molecule has 0 saturated heterocycles. The number of hydrazone groups is 1. The fraction of sp³-hybridized carbons (Fsp3) is 0.143. The third-order valence-electron chi connectivity index (χ3n) is 4.21. The maximum Gasteiger partial charge on any atom is 0.255 e. The van der Waals surface area contributed by atoms with Gasteiger partial charge in [-0.15, -0.1) is 0 Å². The molecule has 0 aliphatic rings. The highest BCUT2D eigenvalue weighted by atomic mass is 32.2. The molecule has 0 atom stereocenters. The minimum absolute atomic E-state index is 0.0105. The average Bonchev–Trinajstić information content (AvgIpc) is 3.23. The highest BCUT2D eigenvalue weighted by Gasteiger charge is 2.27. The second-order valence-corrected chi connectivity index (χ2v) is 8.42. The molecule has 30 heavy (non-hydrogen) atoms. The van der Waals surface area contributed by atoms with Crippen LogP contribution < -0.4 is 5.43 Å². The number of carbonyl (C=O) groups is 1. The van der Waals surface area contributed by atoms with E-state index in [2.05, 4.69) is 10.5 Å². The number of hydrogen-bond donors (Lipinski definition) is 1. The Hall–Kier alpha value is -3.30. The Morgan fingerprint density at radius 2 is 1.87 bits per heavy atom. The van der Waals surface area contributed by atoms with Gasteiger partial charge < -0.3 is 4.42 Å². The molecule has 1 heterocycles. The summed E-state index contributed by atoms with van der Waals surface area (Å²) in [6, 6.07) is 15.3. The zero-order chi connectivity index (χ0) is 21.6. The molecule has 0 aliphatic heterocycles. The molecule has 0 radical (unpaired) electrons. The van der Waals surface area contributed by atoms with E-state index in [-0.39, 0.29) is 17.0 Å². The van der Waals surface area contributed by atoms with Gasteiger partial charge in [0.25, 0.3) is 5.91 Å². The molecule has 0 saturated carbocycles. The van der Waals surface area contributed by atoms with Gasteiger partial charge in [-0.25, -0.2) is 18.2 Å². The quantitative estimate of drug-likeness (QED) is 0.440. The van der Waals surface area contributed by atoms with E-state index in [1.54, 1.807) is 30.3 Å². The number of carbonyl (C=O) groups excluding carboxylic acids is 1. The molecule has 1 N–H and O–H groups in total. The lowest BCUT2D eigenvalue weighted by Gasteiger charge is -2.22. The topological polar surface area (TPSA) is 92.0 Å². The van der Waals surface area contributed by atoms with E-state index in [4.69, 9.17) is 4.42 Å². The fourth-order valence-corrected chi connectivity index (χ4v) is 4.00. The first-order chi connectivity index (χ1) is 14.4. The summed E-state index contributed by atoms with van der Waals surface area (Å²) in [5.74, 6) is -0.812. The van der Waals surface area contributed by atoms with E-state index in [0.717, 1.165) is 9.87 Å². The number of hydrogen-bond acceptors (Lipinski definition) is 5. The number of rotatable bonds is 8. The van der Waals surface area contributed by atoms with Gasteiger partial charge in [0.05, 0.1) is 23.9 Å². The highest BCUT2D eigenvalue weighted by Crippen LogP contribution is 2.20. The molecule has 7 nitrogen and oxygen atoms in total. The summed E-state index contributed by atoms with van der Waals surface area (Å²) in [7, 11) is -4.06. The standard InChI is InChI=1S/C21H20FN3O4S/c1-16-8-10-19(11-9-16)30(27,28)25(14-17-5-2-3-7-20(17)22)15-21(26)24-23-13-18-6-4-12-29-18/h2-13H,14-15H2,1H3,(H,24,26)/b23-13+. The van der Waals surface area contributed by atoms with Crippen LogP contribution in [0.5, 0.6) is 0 Å². The molecule has 1 amide bonds. The number of benzene rings is 2. The first kappa shape index (κ1) is 21.4. The minimum Gasteiger partial charge on any atom is -0.463 e. The largest absolute Gasteiger partial charge is 0.463 e. The highest BCUT2D eigenvalue weighted by molar-refractivity contribution is 7.89. The van der Waals surface area contributed by atoms with Crippen molar-refractivity contribution in [3.05, 3.63) is 89.6 Å². The van der Waals surface area contributed by atoms with Gasteiger partial charge in [0.1, 0.15) is 11.6 Å². The molecular formula is C21H20FN3O4S. The van der Waals surface area contributed by atoms with Crippen molar-refractivity contribution in [2.75, 3.05) is 6.54 Å². The number of nitrogens with one attached hydrogen (secondary N) is 1. The molecule has 0 unspecified atom stereocenters. The van der Waals surface area contributed by atoms with Gasteiger partial charge in [0.15, 0.2) is 0 Å². The van der Waals surface area contributed by atoms with Gasteiger partial charge in [-0.05, 0) is 37.3 Å². The van der Waals surface area contributed by atoms with Crippen LogP contribution >= 0.6 is 0 Å².